The fourth-order valence-corrected chi connectivity index (χ4v) is 2.72. The van der Waals surface area contributed by atoms with Gasteiger partial charge in [0, 0.05) is 19.1 Å². The van der Waals surface area contributed by atoms with Gasteiger partial charge in [0.1, 0.15) is 0 Å². The molecule has 0 bridgehead atoms. The smallest absolute Gasteiger partial charge is 0.317 e. The van der Waals surface area contributed by atoms with E-state index in [9.17, 15) is 4.79 Å². The standard InChI is InChI=1S/C12H23N3O/c13-8-10-6-7-15(9-10)12(16)14-11-4-2-1-3-5-11/h10-11H,1-9,13H2,(H,14,16). The highest BCUT2D eigenvalue weighted by Gasteiger charge is 2.26. The first-order valence-electron chi connectivity index (χ1n) is 6.55. The van der Waals surface area contributed by atoms with E-state index in [-0.39, 0.29) is 6.03 Å². The molecule has 1 heterocycles. The van der Waals surface area contributed by atoms with Gasteiger partial charge >= 0.3 is 6.03 Å². The van der Waals surface area contributed by atoms with Crippen LogP contribution in [0, 0.1) is 5.92 Å². The van der Waals surface area contributed by atoms with Crippen LogP contribution in [0.1, 0.15) is 38.5 Å². The molecule has 1 saturated heterocycles. The second kappa shape index (κ2) is 5.53. The van der Waals surface area contributed by atoms with Crippen LogP contribution in [0.4, 0.5) is 4.79 Å². The number of likely N-dealkylation sites (tertiary alicyclic amines) is 1. The Bertz CT molecular complexity index is 238. The van der Waals surface area contributed by atoms with Gasteiger partial charge in [-0.15, -0.1) is 0 Å². The van der Waals surface area contributed by atoms with Gasteiger partial charge in [-0.25, -0.2) is 4.79 Å². The number of rotatable bonds is 2. The molecule has 0 aromatic heterocycles. The average Bonchev–Trinajstić information content (AvgIpc) is 2.79. The quantitative estimate of drug-likeness (QED) is 0.744. The Hall–Kier alpha value is -0.770. The normalized spacial score (nSPS) is 27.1. The molecule has 2 fully saturated rings. The lowest BCUT2D eigenvalue weighted by molar-refractivity contribution is 0.199. The zero-order valence-electron chi connectivity index (χ0n) is 9.95. The van der Waals surface area contributed by atoms with Gasteiger partial charge in [-0.1, -0.05) is 19.3 Å². The molecule has 3 N–H and O–H groups in total. The van der Waals surface area contributed by atoms with E-state index in [0.717, 1.165) is 32.4 Å². The second-order valence-electron chi connectivity index (χ2n) is 5.12. The maximum atomic E-state index is 11.9. The molecule has 2 rings (SSSR count). The molecular formula is C12H23N3O. The number of amides is 2. The number of urea groups is 1. The molecule has 4 heteroatoms. The lowest BCUT2D eigenvalue weighted by Gasteiger charge is -2.26. The third-order valence-electron chi connectivity index (χ3n) is 3.84. The third-order valence-corrected chi connectivity index (χ3v) is 3.84. The molecular weight excluding hydrogens is 202 g/mol. The first kappa shape index (κ1) is 11.7. The maximum Gasteiger partial charge on any atom is 0.317 e. The van der Waals surface area contributed by atoms with Gasteiger partial charge in [0.15, 0.2) is 0 Å². The van der Waals surface area contributed by atoms with Gasteiger partial charge < -0.3 is 16.0 Å². The van der Waals surface area contributed by atoms with E-state index in [1.807, 2.05) is 4.90 Å². The Morgan fingerprint density at radius 1 is 1.25 bits per heavy atom. The molecule has 2 amide bonds. The summed E-state index contributed by atoms with van der Waals surface area (Å²) in [6, 6.07) is 0.543. The van der Waals surface area contributed by atoms with E-state index in [0.29, 0.717) is 18.5 Å². The number of hydrogen-bond donors (Lipinski definition) is 2. The number of carbonyl (C=O) groups excluding carboxylic acids is 1. The molecule has 1 atom stereocenters. The largest absolute Gasteiger partial charge is 0.335 e. The summed E-state index contributed by atoms with van der Waals surface area (Å²) < 4.78 is 0. The molecule has 1 aliphatic heterocycles. The van der Waals surface area contributed by atoms with Gasteiger partial charge in [-0.2, -0.15) is 0 Å². The average molecular weight is 225 g/mol. The van der Waals surface area contributed by atoms with Crippen LogP contribution in [-0.4, -0.2) is 36.6 Å². The van der Waals surface area contributed by atoms with Crippen LogP contribution in [0.2, 0.25) is 0 Å². The second-order valence-corrected chi connectivity index (χ2v) is 5.12. The fraction of sp³-hybridized carbons (Fsp3) is 0.917. The summed E-state index contributed by atoms with van der Waals surface area (Å²) >= 11 is 0. The topological polar surface area (TPSA) is 58.4 Å². The van der Waals surface area contributed by atoms with Crippen molar-refractivity contribution >= 4 is 6.03 Å². The van der Waals surface area contributed by atoms with Crippen molar-refractivity contribution in [3.8, 4) is 0 Å². The first-order chi connectivity index (χ1) is 7.79. The summed E-state index contributed by atoms with van der Waals surface area (Å²) in [5, 5.41) is 3.15. The van der Waals surface area contributed by atoms with Crippen LogP contribution >= 0.6 is 0 Å². The van der Waals surface area contributed by atoms with Crippen molar-refractivity contribution < 1.29 is 4.79 Å². The van der Waals surface area contributed by atoms with Crippen LogP contribution in [0.3, 0.4) is 0 Å². The molecule has 0 aromatic rings. The van der Waals surface area contributed by atoms with Crippen molar-refractivity contribution in [3.05, 3.63) is 0 Å². The van der Waals surface area contributed by atoms with Crippen molar-refractivity contribution in [1.29, 1.82) is 0 Å². The Balaban J connectivity index is 1.75. The molecule has 1 unspecified atom stereocenters. The van der Waals surface area contributed by atoms with Crippen LogP contribution < -0.4 is 11.1 Å². The summed E-state index contributed by atoms with van der Waals surface area (Å²) in [5.74, 6) is 0.511. The Labute approximate surface area is 97.6 Å². The monoisotopic (exact) mass is 225 g/mol. The molecule has 0 spiro atoms. The minimum Gasteiger partial charge on any atom is -0.335 e. The Kier molecular flexibility index (Phi) is 4.04. The SMILES string of the molecule is NCC1CCN(C(=O)NC2CCCCC2)C1. The van der Waals surface area contributed by atoms with Gasteiger partial charge in [0.05, 0.1) is 0 Å². The molecule has 16 heavy (non-hydrogen) atoms. The number of nitrogens with two attached hydrogens (primary N) is 1. The highest BCUT2D eigenvalue weighted by molar-refractivity contribution is 5.74. The van der Waals surface area contributed by atoms with E-state index in [1.165, 1.54) is 19.3 Å². The predicted molar refractivity (Wildman–Crippen MR) is 64.1 cm³/mol. The van der Waals surface area contributed by atoms with E-state index >= 15 is 0 Å². The highest BCUT2D eigenvalue weighted by atomic mass is 16.2. The van der Waals surface area contributed by atoms with Gasteiger partial charge in [-0.05, 0) is 31.7 Å². The minimum atomic E-state index is 0.128. The van der Waals surface area contributed by atoms with Crippen molar-refractivity contribution in [2.24, 2.45) is 11.7 Å². The zero-order chi connectivity index (χ0) is 11.4. The number of nitrogens with zero attached hydrogens (tertiary/aromatic N) is 1. The summed E-state index contributed by atoms with van der Waals surface area (Å²) in [7, 11) is 0. The van der Waals surface area contributed by atoms with Crippen LogP contribution in [0.15, 0.2) is 0 Å². The molecule has 0 aromatic carbocycles. The Morgan fingerprint density at radius 3 is 2.62 bits per heavy atom. The van der Waals surface area contributed by atoms with E-state index in [1.54, 1.807) is 0 Å². The van der Waals surface area contributed by atoms with E-state index in [4.69, 9.17) is 5.73 Å². The molecule has 1 saturated carbocycles. The lowest BCUT2D eigenvalue weighted by atomic mass is 9.96. The fourth-order valence-electron chi connectivity index (χ4n) is 2.72. The van der Waals surface area contributed by atoms with Gasteiger partial charge in [-0.3, -0.25) is 0 Å². The molecule has 4 nitrogen and oxygen atoms in total. The predicted octanol–water partition coefficient (Wildman–Crippen LogP) is 1.31. The van der Waals surface area contributed by atoms with E-state index < -0.39 is 0 Å². The van der Waals surface area contributed by atoms with Crippen LogP contribution in [0.5, 0.6) is 0 Å². The third kappa shape index (κ3) is 2.88. The maximum absolute atomic E-state index is 11.9. The highest BCUT2D eigenvalue weighted by Crippen LogP contribution is 2.19. The van der Waals surface area contributed by atoms with Gasteiger partial charge in [0.2, 0.25) is 0 Å². The van der Waals surface area contributed by atoms with Crippen molar-refractivity contribution in [2.75, 3.05) is 19.6 Å². The number of hydrogen-bond acceptors (Lipinski definition) is 2. The summed E-state index contributed by atoms with van der Waals surface area (Å²) in [6.07, 6.45) is 7.21. The molecule has 92 valence electrons. The summed E-state index contributed by atoms with van der Waals surface area (Å²) in [4.78, 5) is 13.9. The van der Waals surface area contributed by atoms with Crippen molar-refractivity contribution in [3.63, 3.8) is 0 Å². The van der Waals surface area contributed by atoms with Crippen LogP contribution in [-0.2, 0) is 0 Å². The first-order valence-corrected chi connectivity index (χ1v) is 6.55. The van der Waals surface area contributed by atoms with Crippen LogP contribution in [0.25, 0.3) is 0 Å². The molecule has 1 aliphatic carbocycles. The summed E-state index contributed by atoms with van der Waals surface area (Å²) in [6.45, 7) is 2.42. The zero-order valence-corrected chi connectivity index (χ0v) is 9.95. The Morgan fingerprint density at radius 2 is 2.00 bits per heavy atom. The molecule has 0 radical (unpaired) electrons. The van der Waals surface area contributed by atoms with Gasteiger partial charge in [0.25, 0.3) is 0 Å². The molecule has 2 aliphatic rings. The minimum absolute atomic E-state index is 0.128. The van der Waals surface area contributed by atoms with Crippen molar-refractivity contribution in [1.82, 2.24) is 10.2 Å². The lowest BCUT2D eigenvalue weighted by Crippen LogP contribution is -2.44. The van der Waals surface area contributed by atoms with Crippen molar-refractivity contribution in [2.45, 2.75) is 44.6 Å². The number of nitrogens with one attached hydrogen (secondary N) is 1. The summed E-state index contributed by atoms with van der Waals surface area (Å²) in [5.41, 5.74) is 5.62. The number of carbonyl (C=O) groups is 1. The van der Waals surface area contributed by atoms with E-state index in [2.05, 4.69) is 5.32 Å².